The molecule has 0 aliphatic carbocycles. The highest BCUT2D eigenvalue weighted by Crippen LogP contribution is 2.30. The Balaban J connectivity index is 2.09. The Morgan fingerprint density at radius 3 is 2.62 bits per heavy atom. The minimum Gasteiger partial charge on any atom is -0.370 e. The fourth-order valence-electron chi connectivity index (χ4n) is 2.63. The van der Waals surface area contributed by atoms with Crippen molar-refractivity contribution in [1.29, 1.82) is 0 Å². The van der Waals surface area contributed by atoms with Gasteiger partial charge in [0.25, 0.3) is 0 Å². The van der Waals surface area contributed by atoms with Crippen LogP contribution >= 0.6 is 0 Å². The molecule has 1 aliphatic rings. The van der Waals surface area contributed by atoms with Gasteiger partial charge < -0.3 is 10.2 Å². The van der Waals surface area contributed by atoms with Gasteiger partial charge in [0.1, 0.15) is 0 Å². The summed E-state index contributed by atoms with van der Waals surface area (Å²) in [5.41, 5.74) is 3.81. The summed E-state index contributed by atoms with van der Waals surface area (Å²) >= 11 is 0. The van der Waals surface area contributed by atoms with Crippen LogP contribution < -0.4 is 10.2 Å². The van der Waals surface area contributed by atoms with Crippen LogP contribution in [0.1, 0.15) is 37.9 Å². The van der Waals surface area contributed by atoms with E-state index in [2.05, 4.69) is 35.3 Å². The molecule has 0 saturated carbocycles. The fourth-order valence-corrected chi connectivity index (χ4v) is 3.58. The Bertz CT molecular complexity index is 596. The molecule has 118 valence electrons. The molecule has 2 rings (SSSR count). The smallest absolute Gasteiger partial charge is 0.154 e. The zero-order valence-electron chi connectivity index (χ0n) is 13.4. The number of fused-ring (bicyclic) bond motifs is 1. The van der Waals surface area contributed by atoms with E-state index in [0.29, 0.717) is 12.6 Å². The highest BCUT2D eigenvalue weighted by atomic mass is 32.2. The molecule has 0 amide bonds. The zero-order valence-corrected chi connectivity index (χ0v) is 14.2. The quantitative estimate of drug-likeness (QED) is 0.875. The molecule has 21 heavy (non-hydrogen) atoms. The number of nitrogens with zero attached hydrogens (tertiary/aromatic N) is 1. The van der Waals surface area contributed by atoms with Crippen molar-refractivity contribution >= 4 is 15.5 Å². The minimum absolute atomic E-state index is 0.235. The number of hydrogen-bond donors (Lipinski definition) is 1. The van der Waals surface area contributed by atoms with Crippen LogP contribution in [0.5, 0.6) is 0 Å². The first-order chi connectivity index (χ1) is 9.85. The Labute approximate surface area is 128 Å². The maximum absolute atomic E-state index is 11.9. The van der Waals surface area contributed by atoms with Crippen LogP contribution in [-0.4, -0.2) is 39.6 Å². The average Bonchev–Trinajstić information content (AvgIpc) is 2.86. The molecule has 0 radical (unpaired) electrons. The second-order valence-electron chi connectivity index (χ2n) is 6.05. The van der Waals surface area contributed by atoms with Crippen LogP contribution in [0.4, 0.5) is 5.69 Å². The molecule has 1 aliphatic heterocycles. The highest BCUT2D eigenvalue weighted by molar-refractivity contribution is 7.92. The molecule has 1 aromatic rings. The number of benzene rings is 1. The van der Waals surface area contributed by atoms with Crippen molar-refractivity contribution in [2.24, 2.45) is 0 Å². The lowest BCUT2D eigenvalue weighted by Crippen LogP contribution is -2.30. The summed E-state index contributed by atoms with van der Waals surface area (Å²) in [6, 6.07) is 6.85. The average molecular weight is 310 g/mol. The van der Waals surface area contributed by atoms with E-state index < -0.39 is 9.84 Å². The van der Waals surface area contributed by atoms with Crippen LogP contribution in [0.3, 0.4) is 0 Å². The third-order valence-electron chi connectivity index (χ3n) is 4.39. The largest absolute Gasteiger partial charge is 0.370 e. The predicted molar refractivity (Wildman–Crippen MR) is 88.8 cm³/mol. The van der Waals surface area contributed by atoms with Crippen LogP contribution in [0, 0.1) is 0 Å². The van der Waals surface area contributed by atoms with Crippen molar-refractivity contribution in [3.05, 3.63) is 29.3 Å². The van der Waals surface area contributed by atoms with Gasteiger partial charge in [-0.3, -0.25) is 0 Å². The predicted octanol–water partition coefficient (Wildman–Crippen LogP) is 2.15. The monoisotopic (exact) mass is 310 g/mol. The van der Waals surface area contributed by atoms with E-state index in [4.69, 9.17) is 0 Å². The summed E-state index contributed by atoms with van der Waals surface area (Å²) in [5, 5.41) is 2.96. The van der Waals surface area contributed by atoms with Crippen LogP contribution in [-0.2, 0) is 16.3 Å². The molecule has 1 aromatic carbocycles. The van der Waals surface area contributed by atoms with Crippen molar-refractivity contribution in [2.75, 3.05) is 30.8 Å². The first-order valence-corrected chi connectivity index (χ1v) is 9.33. The van der Waals surface area contributed by atoms with Crippen LogP contribution in [0.2, 0.25) is 0 Å². The maximum Gasteiger partial charge on any atom is 0.154 e. The topological polar surface area (TPSA) is 49.4 Å². The number of rotatable bonds is 6. The fraction of sp³-hybridized carbons (Fsp3) is 0.625. The van der Waals surface area contributed by atoms with E-state index in [1.165, 1.54) is 16.8 Å². The number of nitrogens with one attached hydrogen (secondary N) is 1. The molecule has 1 N–H and O–H groups in total. The van der Waals surface area contributed by atoms with Gasteiger partial charge in [-0.2, -0.15) is 0 Å². The highest BCUT2D eigenvalue weighted by Gasteiger charge is 2.23. The molecule has 0 spiro atoms. The molecule has 0 saturated heterocycles. The first kappa shape index (κ1) is 16.3. The Morgan fingerprint density at radius 2 is 2.00 bits per heavy atom. The van der Waals surface area contributed by atoms with Gasteiger partial charge >= 0.3 is 0 Å². The van der Waals surface area contributed by atoms with Gasteiger partial charge in [0, 0.05) is 24.8 Å². The van der Waals surface area contributed by atoms with E-state index >= 15 is 0 Å². The molecule has 0 fully saturated rings. The minimum atomic E-state index is -2.97. The molecular weight excluding hydrogens is 284 g/mol. The molecule has 0 aromatic heterocycles. The van der Waals surface area contributed by atoms with Crippen LogP contribution in [0.25, 0.3) is 0 Å². The van der Waals surface area contributed by atoms with Gasteiger partial charge in [0.05, 0.1) is 11.0 Å². The zero-order chi connectivity index (χ0) is 15.6. The van der Waals surface area contributed by atoms with Crippen LogP contribution in [0.15, 0.2) is 18.2 Å². The molecule has 5 heteroatoms. The van der Waals surface area contributed by atoms with E-state index in [1.54, 1.807) is 13.8 Å². The van der Waals surface area contributed by atoms with Crippen molar-refractivity contribution < 1.29 is 8.42 Å². The summed E-state index contributed by atoms with van der Waals surface area (Å²) in [6.07, 6.45) is 1.00. The van der Waals surface area contributed by atoms with E-state index in [1.807, 2.05) is 7.05 Å². The third-order valence-corrected chi connectivity index (χ3v) is 6.58. The van der Waals surface area contributed by atoms with Gasteiger partial charge in [-0.1, -0.05) is 12.1 Å². The van der Waals surface area contributed by atoms with E-state index in [0.717, 1.165) is 13.0 Å². The summed E-state index contributed by atoms with van der Waals surface area (Å²) in [5.74, 6) is 0.235. The second kappa shape index (κ2) is 6.36. The summed E-state index contributed by atoms with van der Waals surface area (Å²) < 4.78 is 23.9. The van der Waals surface area contributed by atoms with E-state index in [-0.39, 0.29) is 11.0 Å². The number of hydrogen-bond acceptors (Lipinski definition) is 4. The second-order valence-corrected chi connectivity index (χ2v) is 8.73. The number of sulfone groups is 1. The van der Waals surface area contributed by atoms with Crippen molar-refractivity contribution in [2.45, 2.75) is 38.5 Å². The van der Waals surface area contributed by atoms with Gasteiger partial charge in [-0.25, -0.2) is 8.42 Å². The van der Waals surface area contributed by atoms with Crippen molar-refractivity contribution in [1.82, 2.24) is 5.32 Å². The third kappa shape index (κ3) is 3.58. The molecule has 0 bridgehead atoms. The summed E-state index contributed by atoms with van der Waals surface area (Å²) in [4.78, 5) is 2.20. The normalized spacial score (nSPS) is 16.3. The van der Waals surface area contributed by atoms with Gasteiger partial charge in [-0.15, -0.1) is 0 Å². The Kier molecular flexibility index (Phi) is 4.94. The van der Waals surface area contributed by atoms with E-state index in [9.17, 15) is 8.42 Å². The van der Waals surface area contributed by atoms with Gasteiger partial charge in [-0.05, 0) is 51.4 Å². The van der Waals surface area contributed by atoms with Crippen molar-refractivity contribution in [3.8, 4) is 0 Å². The molecular formula is C16H26N2O2S. The summed E-state index contributed by atoms with van der Waals surface area (Å²) in [6.45, 7) is 7.15. The first-order valence-electron chi connectivity index (χ1n) is 7.61. The van der Waals surface area contributed by atoms with Gasteiger partial charge in [0.2, 0.25) is 0 Å². The maximum atomic E-state index is 11.9. The molecule has 1 atom stereocenters. The lowest BCUT2D eigenvalue weighted by molar-refractivity contribution is 0.586. The SMILES string of the molecule is CNC(C)c1ccc2c(c1)CCN2CCS(=O)(=O)C(C)C. The molecule has 1 heterocycles. The van der Waals surface area contributed by atoms with Gasteiger partial charge in [0.15, 0.2) is 9.84 Å². The summed E-state index contributed by atoms with van der Waals surface area (Å²) in [7, 11) is -1.01. The lowest BCUT2D eigenvalue weighted by atomic mass is 10.0. The van der Waals surface area contributed by atoms with Crippen molar-refractivity contribution in [3.63, 3.8) is 0 Å². The lowest BCUT2D eigenvalue weighted by Gasteiger charge is -2.21. The molecule has 4 nitrogen and oxygen atoms in total. The molecule has 1 unspecified atom stereocenters. The standard InChI is InChI=1S/C16H26N2O2S/c1-12(2)21(19,20)10-9-18-8-7-15-11-14(13(3)17-4)5-6-16(15)18/h5-6,11-13,17H,7-10H2,1-4H3. The number of anilines is 1. The Hall–Kier alpha value is -1.07. The Morgan fingerprint density at radius 1 is 1.29 bits per heavy atom.